The molecule has 0 spiro atoms. The van der Waals surface area contributed by atoms with E-state index in [0.29, 0.717) is 23.8 Å². The van der Waals surface area contributed by atoms with Gasteiger partial charge in [-0.15, -0.1) is 16.8 Å². The van der Waals surface area contributed by atoms with Crippen LogP contribution < -0.4 is 5.32 Å². The first-order valence-electron chi connectivity index (χ1n) is 8.47. The van der Waals surface area contributed by atoms with Gasteiger partial charge in [0.1, 0.15) is 6.04 Å². The van der Waals surface area contributed by atoms with E-state index in [1.54, 1.807) is 36.4 Å². The average molecular weight is 425 g/mol. The molecule has 10 heteroatoms. The van der Waals surface area contributed by atoms with E-state index >= 15 is 0 Å². The minimum atomic E-state index is -3.73. The van der Waals surface area contributed by atoms with Crippen LogP contribution in [0.5, 0.6) is 0 Å². The van der Waals surface area contributed by atoms with Crippen LogP contribution in [0.3, 0.4) is 0 Å². The SMILES string of the molecule is C=CCSc1nnc(NC(=O)C2CCCCN2S(=O)(=O)c2ccccc2)s1. The Bertz CT molecular complexity index is 899. The molecule has 1 unspecified atom stereocenters. The van der Waals surface area contributed by atoms with Crippen LogP contribution in [0.2, 0.25) is 0 Å². The maximum atomic E-state index is 13.0. The molecule has 144 valence electrons. The van der Waals surface area contributed by atoms with Gasteiger partial charge >= 0.3 is 0 Å². The van der Waals surface area contributed by atoms with Gasteiger partial charge in [0.25, 0.3) is 0 Å². The van der Waals surface area contributed by atoms with E-state index in [1.807, 2.05) is 0 Å². The molecule has 1 aliphatic rings. The molecule has 1 aliphatic heterocycles. The number of carbonyl (C=O) groups is 1. The number of benzene rings is 1. The molecule has 3 rings (SSSR count). The van der Waals surface area contributed by atoms with Crippen molar-refractivity contribution in [2.45, 2.75) is 34.5 Å². The van der Waals surface area contributed by atoms with E-state index in [0.717, 1.165) is 17.2 Å². The van der Waals surface area contributed by atoms with Crippen molar-refractivity contribution in [1.82, 2.24) is 14.5 Å². The van der Waals surface area contributed by atoms with Crippen molar-refractivity contribution < 1.29 is 13.2 Å². The third-order valence-electron chi connectivity index (χ3n) is 4.07. The Morgan fingerprint density at radius 1 is 1.33 bits per heavy atom. The van der Waals surface area contributed by atoms with Gasteiger partial charge in [-0.05, 0) is 25.0 Å². The summed E-state index contributed by atoms with van der Waals surface area (Å²) < 4.78 is 28.0. The van der Waals surface area contributed by atoms with Crippen LogP contribution in [0, 0.1) is 0 Å². The molecule has 7 nitrogen and oxygen atoms in total. The standard InChI is InChI=1S/C17H20N4O3S3/c1-2-12-25-17-20-19-16(26-17)18-15(22)14-10-6-7-11-21(14)27(23,24)13-8-4-3-5-9-13/h2-5,8-9,14H,1,6-7,10-12H2,(H,18,19,22). The molecule has 1 atom stereocenters. The average Bonchev–Trinajstić information content (AvgIpc) is 3.14. The number of rotatable bonds is 7. The summed E-state index contributed by atoms with van der Waals surface area (Å²) in [4.78, 5) is 13.0. The van der Waals surface area contributed by atoms with Crippen LogP contribution >= 0.6 is 23.1 Å². The predicted octanol–water partition coefficient (Wildman–Crippen LogP) is 3.00. The van der Waals surface area contributed by atoms with Gasteiger partial charge in [0, 0.05) is 12.3 Å². The van der Waals surface area contributed by atoms with Gasteiger partial charge in [-0.2, -0.15) is 4.31 Å². The van der Waals surface area contributed by atoms with Crippen LogP contribution in [0.4, 0.5) is 5.13 Å². The smallest absolute Gasteiger partial charge is 0.244 e. The van der Waals surface area contributed by atoms with Gasteiger partial charge in [-0.1, -0.05) is 53.8 Å². The van der Waals surface area contributed by atoms with Crippen LogP contribution in [-0.4, -0.2) is 47.2 Å². The summed E-state index contributed by atoms with van der Waals surface area (Å²) in [5, 5.41) is 11.1. The van der Waals surface area contributed by atoms with Gasteiger partial charge in [-0.3, -0.25) is 10.1 Å². The number of amides is 1. The van der Waals surface area contributed by atoms with E-state index in [2.05, 4.69) is 22.1 Å². The molecule has 0 saturated carbocycles. The van der Waals surface area contributed by atoms with E-state index in [1.165, 1.54) is 27.4 Å². The minimum absolute atomic E-state index is 0.198. The third kappa shape index (κ3) is 4.75. The maximum absolute atomic E-state index is 13.0. The zero-order chi connectivity index (χ0) is 19.3. The molecular formula is C17H20N4O3S3. The molecule has 2 heterocycles. The second-order valence-corrected chi connectivity index (χ2v) is 10.0. The van der Waals surface area contributed by atoms with Crippen molar-refractivity contribution in [3.05, 3.63) is 43.0 Å². The summed E-state index contributed by atoms with van der Waals surface area (Å²) in [5.74, 6) is 0.333. The van der Waals surface area contributed by atoms with E-state index in [-0.39, 0.29) is 10.8 Å². The molecule has 1 saturated heterocycles. The fraction of sp³-hybridized carbons (Fsp3) is 0.353. The summed E-state index contributed by atoms with van der Waals surface area (Å²) >= 11 is 2.74. The lowest BCUT2D eigenvalue weighted by Gasteiger charge is -2.33. The highest BCUT2D eigenvalue weighted by Gasteiger charge is 2.37. The fourth-order valence-corrected chi connectivity index (χ4v) is 6.01. The molecule has 0 bridgehead atoms. The first-order chi connectivity index (χ1) is 13.0. The topological polar surface area (TPSA) is 92.3 Å². The lowest BCUT2D eigenvalue weighted by Crippen LogP contribution is -2.49. The summed E-state index contributed by atoms with van der Waals surface area (Å²) in [5.41, 5.74) is 0. The molecule has 0 radical (unpaired) electrons. The number of hydrogen-bond acceptors (Lipinski definition) is 7. The Kier molecular flexibility index (Phi) is 6.64. The second kappa shape index (κ2) is 8.96. The molecule has 1 aromatic carbocycles. The van der Waals surface area contributed by atoms with E-state index < -0.39 is 16.1 Å². The largest absolute Gasteiger partial charge is 0.299 e. The van der Waals surface area contributed by atoms with Crippen molar-refractivity contribution in [2.24, 2.45) is 0 Å². The van der Waals surface area contributed by atoms with E-state index in [9.17, 15) is 13.2 Å². The molecule has 2 aromatic rings. The number of sulfonamides is 1. The predicted molar refractivity (Wildman–Crippen MR) is 107 cm³/mol. The van der Waals surface area contributed by atoms with Gasteiger partial charge in [0.2, 0.25) is 21.1 Å². The van der Waals surface area contributed by atoms with Gasteiger partial charge in [0.05, 0.1) is 4.90 Å². The molecule has 1 amide bonds. The maximum Gasteiger partial charge on any atom is 0.244 e. The number of hydrogen-bond donors (Lipinski definition) is 1. The third-order valence-corrected chi connectivity index (χ3v) is 7.96. The number of carbonyl (C=O) groups excluding carboxylic acids is 1. The van der Waals surface area contributed by atoms with Crippen LogP contribution in [0.15, 0.2) is 52.2 Å². The number of piperidine rings is 1. The quantitative estimate of drug-likeness (QED) is 0.417. The Morgan fingerprint density at radius 3 is 2.85 bits per heavy atom. The zero-order valence-electron chi connectivity index (χ0n) is 14.6. The number of nitrogens with zero attached hydrogens (tertiary/aromatic N) is 3. The van der Waals surface area contributed by atoms with Crippen molar-refractivity contribution in [1.29, 1.82) is 0 Å². The molecule has 0 aliphatic carbocycles. The number of nitrogens with one attached hydrogen (secondary N) is 1. The van der Waals surface area contributed by atoms with E-state index in [4.69, 9.17) is 0 Å². The van der Waals surface area contributed by atoms with Crippen molar-refractivity contribution in [3.63, 3.8) is 0 Å². The highest BCUT2D eigenvalue weighted by molar-refractivity contribution is 8.01. The van der Waals surface area contributed by atoms with Crippen molar-refractivity contribution in [3.8, 4) is 0 Å². The van der Waals surface area contributed by atoms with Crippen LogP contribution in [0.1, 0.15) is 19.3 Å². The zero-order valence-corrected chi connectivity index (χ0v) is 17.0. The highest BCUT2D eigenvalue weighted by Crippen LogP contribution is 2.28. The van der Waals surface area contributed by atoms with Gasteiger partial charge in [-0.25, -0.2) is 8.42 Å². The fourth-order valence-electron chi connectivity index (χ4n) is 2.82. The monoisotopic (exact) mass is 424 g/mol. The Balaban J connectivity index is 1.76. The van der Waals surface area contributed by atoms with Crippen LogP contribution in [-0.2, 0) is 14.8 Å². The second-order valence-electron chi connectivity index (χ2n) is 5.90. The molecule has 1 aromatic heterocycles. The minimum Gasteiger partial charge on any atom is -0.299 e. The Labute approximate surface area is 166 Å². The Morgan fingerprint density at radius 2 is 2.11 bits per heavy atom. The summed E-state index contributed by atoms with van der Waals surface area (Å²) in [6, 6.07) is 7.46. The van der Waals surface area contributed by atoms with Crippen LogP contribution in [0.25, 0.3) is 0 Å². The Hall–Kier alpha value is -1.75. The number of thioether (sulfide) groups is 1. The van der Waals surface area contributed by atoms with Crippen molar-refractivity contribution in [2.75, 3.05) is 17.6 Å². The first-order valence-corrected chi connectivity index (χ1v) is 11.7. The van der Waals surface area contributed by atoms with Gasteiger partial charge in [0.15, 0.2) is 4.34 Å². The molecule has 1 N–H and O–H groups in total. The number of anilines is 1. The number of aromatic nitrogens is 2. The molecule has 1 fully saturated rings. The lowest BCUT2D eigenvalue weighted by atomic mass is 10.0. The lowest BCUT2D eigenvalue weighted by molar-refractivity contribution is -0.120. The molecular weight excluding hydrogens is 404 g/mol. The summed E-state index contributed by atoms with van der Waals surface area (Å²) in [7, 11) is -3.73. The van der Waals surface area contributed by atoms with Crippen molar-refractivity contribution >= 4 is 44.2 Å². The summed E-state index contributed by atoms with van der Waals surface area (Å²) in [6.07, 6.45) is 3.78. The normalized spacial score (nSPS) is 18.1. The van der Waals surface area contributed by atoms with Gasteiger partial charge < -0.3 is 0 Å². The highest BCUT2D eigenvalue weighted by atomic mass is 32.2. The molecule has 27 heavy (non-hydrogen) atoms. The summed E-state index contributed by atoms with van der Waals surface area (Å²) in [6.45, 7) is 3.98. The first kappa shape index (κ1) is 20.0.